The Morgan fingerprint density at radius 2 is 1.89 bits per heavy atom. The fourth-order valence-electron chi connectivity index (χ4n) is 2.04. The maximum atomic E-state index is 3.37. The summed E-state index contributed by atoms with van der Waals surface area (Å²) in [7, 11) is 2.19. The van der Waals surface area contributed by atoms with Gasteiger partial charge >= 0.3 is 0 Å². The number of rotatable bonds is 6. The van der Waals surface area contributed by atoms with Crippen LogP contribution in [0, 0.1) is 6.92 Å². The van der Waals surface area contributed by atoms with Crippen molar-refractivity contribution in [3.8, 4) is 0 Å². The van der Waals surface area contributed by atoms with Crippen molar-refractivity contribution in [2.75, 3.05) is 18.5 Å². The van der Waals surface area contributed by atoms with Gasteiger partial charge in [-0.25, -0.2) is 0 Å². The van der Waals surface area contributed by atoms with Crippen molar-refractivity contribution in [2.45, 2.75) is 53.1 Å². The van der Waals surface area contributed by atoms with E-state index in [1.807, 2.05) is 0 Å². The lowest BCUT2D eigenvalue weighted by molar-refractivity contribution is 0.470. The van der Waals surface area contributed by atoms with Crippen LogP contribution in [0.2, 0.25) is 0 Å². The Morgan fingerprint density at radius 1 is 1.22 bits per heavy atom. The van der Waals surface area contributed by atoms with Crippen molar-refractivity contribution in [2.24, 2.45) is 0 Å². The molecule has 1 rings (SSSR count). The van der Waals surface area contributed by atoms with Gasteiger partial charge in [-0.1, -0.05) is 26.0 Å². The zero-order valence-electron chi connectivity index (χ0n) is 12.8. The third kappa shape index (κ3) is 3.49. The lowest BCUT2D eigenvalue weighted by Gasteiger charge is -2.37. The highest BCUT2D eigenvalue weighted by Crippen LogP contribution is 2.28. The third-order valence-electron chi connectivity index (χ3n) is 3.97. The second-order valence-electron chi connectivity index (χ2n) is 5.63. The van der Waals surface area contributed by atoms with E-state index < -0.39 is 0 Å². The molecule has 18 heavy (non-hydrogen) atoms. The summed E-state index contributed by atoms with van der Waals surface area (Å²) in [6.45, 7) is 13.1. The van der Waals surface area contributed by atoms with E-state index in [-0.39, 0.29) is 5.54 Å². The van der Waals surface area contributed by atoms with Crippen LogP contribution in [0.4, 0.5) is 5.69 Å². The highest BCUT2D eigenvalue weighted by molar-refractivity contribution is 5.55. The zero-order chi connectivity index (χ0) is 13.8. The molecule has 0 saturated carbocycles. The molecule has 0 unspecified atom stereocenters. The van der Waals surface area contributed by atoms with E-state index in [0.29, 0.717) is 0 Å². The van der Waals surface area contributed by atoms with E-state index in [4.69, 9.17) is 0 Å². The number of hydrogen-bond acceptors (Lipinski definition) is 2. The van der Waals surface area contributed by atoms with Gasteiger partial charge in [0.2, 0.25) is 0 Å². The average Bonchev–Trinajstić information content (AvgIpc) is 2.35. The molecule has 2 heteroatoms. The van der Waals surface area contributed by atoms with Gasteiger partial charge in [0.05, 0.1) is 0 Å². The maximum absolute atomic E-state index is 3.37. The third-order valence-corrected chi connectivity index (χ3v) is 3.97. The number of hydrogen-bond donors (Lipinski definition) is 1. The first kappa shape index (κ1) is 15.0. The summed E-state index contributed by atoms with van der Waals surface area (Å²) in [4.78, 5) is 2.39. The van der Waals surface area contributed by atoms with Gasteiger partial charge in [-0.2, -0.15) is 0 Å². The molecule has 0 spiro atoms. The molecule has 0 aliphatic carbocycles. The molecule has 1 aromatic carbocycles. The monoisotopic (exact) mass is 248 g/mol. The first-order chi connectivity index (χ1) is 8.42. The van der Waals surface area contributed by atoms with Gasteiger partial charge in [-0.05, 0) is 50.9 Å². The van der Waals surface area contributed by atoms with Crippen molar-refractivity contribution in [1.29, 1.82) is 0 Å². The van der Waals surface area contributed by atoms with E-state index in [9.17, 15) is 0 Å². The van der Waals surface area contributed by atoms with E-state index in [0.717, 1.165) is 19.5 Å². The normalized spacial score (nSPS) is 11.7. The summed E-state index contributed by atoms with van der Waals surface area (Å²) in [6, 6.07) is 6.77. The minimum absolute atomic E-state index is 0.202. The molecule has 102 valence electrons. The van der Waals surface area contributed by atoms with Gasteiger partial charge in [0.15, 0.2) is 0 Å². The minimum atomic E-state index is 0.202. The van der Waals surface area contributed by atoms with Crippen LogP contribution in [0.15, 0.2) is 18.2 Å². The Labute approximate surface area is 112 Å². The van der Waals surface area contributed by atoms with Crippen molar-refractivity contribution >= 4 is 5.69 Å². The Kier molecular flexibility index (Phi) is 5.21. The predicted octanol–water partition coefficient (Wildman–Crippen LogP) is 3.73. The molecule has 0 radical (unpaired) electrons. The molecule has 0 aromatic heterocycles. The minimum Gasteiger partial charge on any atom is -0.369 e. The predicted molar refractivity (Wildman–Crippen MR) is 81.3 cm³/mol. The molecule has 0 heterocycles. The lowest BCUT2D eigenvalue weighted by atomic mass is 9.97. The van der Waals surface area contributed by atoms with Crippen molar-refractivity contribution in [1.82, 2.24) is 5.32 Å². The van der Waals surface area contributed by atoms with Crippen LogP contribution in [-0.2, 0) is 6.54 Å². The number of benzene rings is 1. The van der Waals surface area contributed by atoms with Crippen LogP contribution in [0.1, 0.15) is 45.2 Å². The van der Waals surface area contributed by atoms with Crippen molar-refractivity contribution in [3.63, 3.8) is 0 Å². The smallest absolute Gasteiger partial charge is 0.0397 e. The van der Waals surface area contributed by atoms with E-state index >= 15 is 0 Å². The molecule has 0 atom stereocenters. The lowest BCUT2D eigenvalue weighted by Crippen LogP contribution is -2.40. The molecular weight excluding hydrogens is 220 g/mol. The molecule has 0 saturated heterocycles. The largest absolute Gasteiger partial charge is 0.369 e. The molecule has 0 bridgehead atoms. The van der Waals surface area contributed by atoms with Crippen LogP contribution in [0.25, 0.3) is 0 Å². The van der Waals surface area contributed by atoms with E-state index in [1.54, 1.807) is 0 Å². The Hall–Kier alpha value is -1.02. The van der Waals surface area contributed by atoms with Crippen LogP contribution >= 0.6 is 0 Å². The van der Waals surface area contributed by atoms with Gasteiger partial charge in [0, 0.05) is 24.8 Å². The van der Waals surface area contributed by atoms with Gasteiger partial charge in [-0.3, -0.25) is 0 Å². The fourth-order valence-corrected chi connectivity index (χ4v) is 2.04. The maximum Gasteiger partial charge on any atom is 0.0397 e. The second kappa shape index (κ2) is 6.24. The van der Waals surface area contributed by atoms with Gasteiger partial charge in [0.1, 0.15) is 0 Å². The molecule has 2 nitrogen and oxygen atoms in total. The summed E-state index contributed by atoms with van der Waals surface area (Å²) < 4.78 is 0. The molecule has 1 N–H and O–H groups in total. The summed E-state index contributed by atoms with van der Waals surface area (Å²) >= 11 is 0. The van der Waals surface area contributed by atoms with Crippen LogP contribution in [0.3, 0.4) is 0 Å². The first-order valence-electron chi connectivity index (χ1n) is 6.96. The highest BCUT2D eigenvalue weighted by Gasteiger charge is 2.22. The Balaban J connectivity index is 2.91. The number of anilines is 1. The summed E-state index contributed by atoms with van der Waals surface area (Å²) in [5.74, 6) is 0. The molecule has 0 aliphatic heterocycles. The van der Waals surface area contributed by atoms with Crippen molar-refractivity contribution in [3.05, 3.63) is 29.3 Å². The molecule has 0 fully saturated rings. The number of aryl methyl sites for hydroxylation is 1. The van der Waals surface area contributed by atoms with E-state index in [2.05, 4.69) is 70.1 Å². The number of nitrogens with zero attached hydrogens (tertiary/aromatic N) is 1. The summed E-state index contributed by atoms with van der Waals surface area (Å²) in [5, 5.41) is 3.37. The number of nitrogens with one attached hydrogen (secondary N) is 1. The summed E-state index contributed by atoms with van der Waals surface area (Å²) in [6.07, 6.45) is 1.14. The van der Waals surface area contributed by atoms with Gasteiger partial charge in [-0.15, -0.1) is 0 Å². The Morgan fingerprint density at radius 3 is 2.39 bits per heavy atom. The van der Waals surface area contributed by atoms with Crippen LogP contribution in [0.5, 0.6) is 0 Å². The molecule has 0 aliphatic rings. The standard InChI is InChI=1S/C16H28N2/c1-7-16(4,5)18(6)15-10-9-14(11-13(15)3)12-17-8-2/h9-11,17H,7-8,12H2,1-6H3. The van der Waals surface area contributed by atoms with Crippen LogP contribution in [-0.4, -0.2) is 19.1 Å². The Bertz CT molecular complexity index is 383. The molecular formula is C16H28N2. The SMILES string of the molecule is CCNCc1ccc(N(C)C(C)(C)CC)c(C)c1. The van der Waals surface area contributed by atoms with Gasteiger partial charge in [0.25, 0.3) is 0 Å². The molecule has 0 amide bonds. The summed E-state index contributed by atoms with van der Waals surface area (Å²) in [5.41, 5.74) is 4.26. The topological polar surface area (TPSA) is 15.3 Å². The zero-order valence-corrected chi connectivity index (χ0v) is 12.8. The van der Waals surface area contributed by atoms with Crippen molar-refractivity contribution < 1.29 is 0 Å². The van der Waals surface area contributed by atoms with E-state index in [1.165, 1.54) is 16.8 Å². The second-order valence-corrected chi connectivity index (χ2v) is 5.63. The average molecular weight is 248 g/mol. The van der Waals surface area contributed by atoms with Crippen LogP contribution < -0.4 is 10.2 Å². The fraction of sp³-hybridized carbons (Fsp3) is 0.625. The first-order valence-corrected chi connectivity index (χ1v) is 6.96. The van der Waals surface area contributed by atoms with Gasteiger partial charge < -0.3 is 10.2 Å². The molecule has 1 aromatic rings. The quantitative estimate of drug-likeness (QED) is 0.825. The highest BCUT2D eigenvalue weighted by atomic mass is 15.2.